The van der Waals surface area contributed by atoms with Crippen LogP contribution in [0.25, 0.3) is 0 Å². The zero-order chi connectivity index (χ0) is 26.8. The normalized spacial score (nSPS) is 17.9. The first-order valence-corrected chi connectivity index (χ1v) is 12.0. The van der Waals surface area contributed by atoms with Gasteiger partial charge in [0.25, 0.3) is 5.91 Å². The number of hydrogen-bond donors (Lipinski definition) is 4. The van der Waals surface area contributed by atoms with Gasteiger partial charge in [0.1, 0.15) is 11.4 Å². The van der Waals surface area contributed by atoms with E-state index < -0.39 is 34.8 Å². The zero-order valence-electron chi connectivity index (χ0n) is 20.7. The third-order valence-corrected chi connectivity index (χ3v) is 6.78. The molecule has 0 bridgehead atoms. The van der Waals surface area contributed by atoms with E-state index in [9.17, 15) is 19.2 Å². The van der Waals surface area contributed by atoms with Gasteiger partial charge in [-0.3, -0.25) is 19.7 Å². The molecule has 36 heavy (non-hydrogen) atoms. The van der Waals surface area contributed by atoms with E-state index in [2.05, 4.69) is 20.9 Å². The number of carbonyl (C=O) groups is 4. The molecule has 0 radical (unpaired) electrons. The van der Waals surface area contributed by atoms with E-state index in [1.807, 2.05) is 20.8 Å². The van der Waals surface area contributed by atoms with Gasteiger partial charge in [-0.05, 0) is 25.1 Å². The maximum Gasteiger partial charge on any atom is 0.324 e. The smallest absolute Gasteiger partial charge is 0.324 e. The van der Waals surface area contributed by atoms with Gasteiger partial charge >= 0.3 is 12.0 Å². The molecular formula is C24H29Cl2N5O5. The Balaban J connectivity index is 1.97. The summed E-state index contributed by atoms with van der Waals surface area (Å²) >= 11 is 12.2. The van der Waals surface area contributed by atoms with Crippen molar-refractivity contribution in [1.29, 1.82) is 0 Å². The summed E-state index contributed by atoms with van der Waals surface area (Å²) in [6.45, 7) is 7.72. The van der Waals surface area contributed by atoms with Crippen LogP contribution < -0.4 is 16.0 Å². The summed E-state index contributed by atoms with van der Waals surface area (Å²) in [5.41, 5.74) is -0.766. The summed E-state index contributed by atoms with van der Waals surface area (Å²) in [6, 6.07) is 5.78. The predicted molar refractivity (Wildman–Crippen MR) is 138 cm³/mol. The number of nitrogens with zero attached hydrogens (tertiary/aromatic N) is 1. The summed E-state index contributed by atoms with van der Waals surface area (Å²) in [5.74, 6) is -1.50. The molecule has 0 aliphatic carbocycles. The minimum absolute atomic E-state index is 0.131. The Hall–Kier alpha value is -3.24. The fourth-order valence-electron chi connectivity index (χ4n) is 3.83. The van der Waals surface area contributed by atoms with Crippen LogP contribution >= 0.6 is 23.2 Å². The molecule has 3 rings (SSSR count). The van der Waals surface area contributed by atoms with Crippen LogP contribution in [0.1, 0.15) is 50.2 Å². The number of hydrogen-bond acceptors (Lipinski definition) is 5. The van der Waals surface area contributed by atoms with E-state index in [0.717, 1.165) is 0 Å². The first-order chi connectivity index (χ1) is 16.8. The number of benzene rings is 1. The average Bonchev–Trinajstić information content (AvgIpc) is 3.22. The highest BCUT2D eigenvalue weighted by Crippen LogP contribution is 2.32. The molecule has 1 unspecified atom stereocenters. The SMILES string of the molecule is COC(=O)CC1(C)C(=O)NCCN1C(=O)c1cc(C(C)(C)C)[nH]c1NC(=O)Nc1cccc(Cl)c1Cl. The Bertz CT molecular complexity index is 1210. The van der Waals surface area contributed by atoms with Gasteiger partial charge in [-0.25, -0.2) is 4.79 Å². The van der Waals surface area contributed by atoms with Crippen molar-refractivity contribution in [2.75, 3.05) is 30.8 Å². The van der Waals surface area contributed by atoms with Crippen molar-refractivity contribution in [1.82, 2.24) is 15.2 Å². The molecule has 10 nitrogen and oxygen atoms in total. The highest BCUT2D eigenvalue weighted by Gasteiger charge is 2.47. The Kier molecular flexibility index (Phi) is 7.90. The van der Waals surface area contributed by atoms with Crippen molar-refractivity contribution in [3.05, 3.63) is 45.6 Å². The van der Waals surface area contributed by atoms with Crippen molar-refractivity contribution in [2.24, 2.45) is 0 Å². The summed E-state index contributed by atoms with van der Waals surface area (Å²) in [6.07, 6.45) is -0.325. The lowest BCUT2D eigenvalue weighted by Crippen LogP contribution is -2.65. The average molecular weight is 538 g/mol. The van der Waals surface area contributed by atoms with Crippen LogP contribution in [0, 0.1) is 0 Å². The molecule has 1 saturated heterocycles. The van der Waals surface area contributed by atoms with Gasteiger partial charge < -0.3 is 25.3 Å². The molecule has 4 amide bonds. The zero-order valence-corrected chi connectivity index (χ0v) is 22.2. The van der Waals surface area contributed by atoms with Crippen molar-refractivity contribution < 1.29 is 23.9 Å². The van der Waals surface area contributed by atoms with Crippen molar-refractivity contribution in [3.63, 3.8) is 0 Å². The number of aromatic nitrogens is 1. The third kappa shape index (κ3) is 5.60. The number of aromatic amines is 1. The second-order valence-electron chi connectivity index (χ2n) is 9.64. The third-order valence-electron chi connectivity index (χ3n) is 5.96. The van der Waals surface area contributed by atoms with Crippen molar-refractivity contribution >= 4 is 58.5 Å². The van der Waals surface area contributed by atoms with Crippen LogP contribution in [0.15, 0.2) is 24.3 Å². The number of anilines is 2. The van der Waals surface area contributed by atoms with Crippen LogP contribution in [0.5, 0.6) is 0 Å². The molecule has 1 aromatic carbocycles. The minimum Gasteiger partial charge on any atom is -0.469 e. The summed E-state index contributed by atoms with van der Waals surface area (Å²) in [5, 5.41) is 8.42. The number of esters is 1. The van der Waals surface area contributed by atoms with Gasteiger partial charge in [-0.1, -0.05) is 50.0 Å². The van der Waals surface area contributed by atoms with E-state index in [-0.39, 0.29) is 46.6 Å². The molecule has 1 aliphatic heterocycles. The van der Waals surface area contributed by atoms with Crippen molar-refractivity contribution in [2.45, 2.75) is 45.1 Å². The van der Waals surface area contributed by atoms with Gasteiger partial charge in [-0.2, -0.15) is 0 Å². The van der Waals surface area contributed by atoms with Gasteiger partial charge in [0.2, 0.25) is 5.91 Å². The number of amides is 4. The van der Waals surface area contributed by atoms with Gasteiger partial charge in [-0.15, -0.1) is 0 Å². The second kappa shape index (κ2) is 10.4. The standard InChI is InChI=1S/C24H29Cl2N5O5/c1-23(2,3)16-11-13(19(29-16)30-22(35)28-15-8-6-7-14(25)18(15)26)20(33)31-10-9-27-21(34)24(31,4)12-17(32)36-5/h6-8,11,29H,9-10,12H2,1-5H3,(H,27,34)(H2,28,30,35). The Morgan fingerprint density at radius 3 is 2.53 bits per heavy atom. The van der Waals surface area contributed by atoms with E-state index in [1.165, 1.54) is 18.9 Å². The molecule has 194 valence electrons. The number of urea groups is 1. The number of methoxy groups -OCH3 is 1. The maximum atomic E-state index is 13.8. The van der Waals surface area contributed by atoms with E-state index >= 15 is 0 Å². The molecule has 2 aromatic rings. The van der Waals surface area contributed by atoms with Gasteiger partial charge in [0, 0.05) is 24.2 Å². The first-order valence-electron chi connectivity index (χ1n) is 11.2. The number of rotatable bonds is 5. The summed E-state index contributed by atoms with van der Waals surface area (Å²) in [7, 11) is 1.22. The maximum absolute atomic E-state index is 13.8. The predicted octanol–water partition coefficient (Wildman–Crippen LogP) is 4.16. The number of nitrogens with one attached hydrogen (secondary N) is 4. The highest BCUT2D eigenvalue weighted by molar-refractivity contribution is 6.44. The Labute approximate surface area is 219 Å². The van der Waals surface area contributed by atoms with Crippen molar-refractivity contribution in [3.8, 4) is 0 Å². The van der Waals surface area contributed by atoms with Gasteiger partial charge in [0.15, 0.2) is 0 Å². The van der Waals surface area contributed by atoms with E-state index in [1.54, 1.807) is 24.3 Å². The number of carbonyl (C=O) groups excluding carboxylic acids is 4. The lowest BCUT2D eigenvalue weighted by Gasteiger charge is -2.43. The number of H-pyrrole nitrogens is 1. The van der Waals surface area contributed by atoms with Gasteiger partial charge in [0.05, 0.1) is 34.8 Å². The van der Waals surface area contributed by atoms with Crippen LogP contribution in [0.3, 0.4) is 0 Å². The molecule has 12 heteroatoms. The minimum atomic E-state index is -1.48. The van der Waals surface area contributed by atoms with E-state index in [4.69, 9.17) is 27.9 Å². The lowest BCUT2D eigenvalue weighted by atomic mass is 9.90. The van der Waals surface area contributed by atoms with Crippen LogP contribution in [0.2, 0.25) is 10.0 Å². The fourth-order valence-corrected chi connectivity index (χ4v) is 4.18. The quantitative estimate of drug-likeness (QED) is 0.425. The Morgan fingerprint density at radius 1 is 1.19 bits per heavy atom. The Morgan fingerprint density at radius 2 is 1.89 bits per heavy atom. The lowest BCUT2D eigenvalue weighted by molar-refractivity contribution is -0.149. The monoisotopic (exact) mass is 537 g/mol. The number of piperazine rings is 1. The summed E-state index contributed by atoms with van der Waals surface area (Å²) in [4.78, 5) is 55.9. The molecule has 0 spiro atoms. The fraction of sp³-hybridized carbons (Fsp3) is 0.417. The molecule has 4 N–H and O–H groups in total. The molecule has 0 saturated carbocycles. The molecular weight excluding hydrogens is 509 g/mol. The molecule has 1 fully saturated rings. The summed E-state index contributed by atoms with van der Waals surface area (Å²) < 4.78 is 4.75. The first kappa shape index (κ1) is 27.3. The number of halogens is 2. The molecule has 2 heterocycles. The number of ether oxygens (including phenoxy) is 1. The van der Waals surface area contributed by atoms with E-state index in [0.29, 0.717) is 5.69 Å². The molecule has 1 aromatic heterocycles. The topological polar surface area (TPSA) is 133 Å². The second-order valence-corrected chi connectivity index (χ2v) is 10.4. The van der Waals surface area contributed by atoms with Crippen LogP contribution in [-0.2, 0) is 19.7 Å². The van der Waals surface area contributed by atoms with Crippen LogP contribution in [0.4, 0.5) is 16.3 Å². The van der Waals surface area contributed by atoms with Crippen LogP contribution in [-0.4, -0.2) is 59.4 Å². The molecule has 1 aliphatic rings. The largest absolute Gasteiger partial charge is 0.469 e. The molecule has 1 atom stereocenters. The highest BCUT2D eigenvalue weighted by atomic mass is 35.5.